The number of hydrogen-bond acceptors (Lipinski definition) is 5. The maximum atomic E-state index is 12.1. The molecule has 1 aromatic heterocycles. The second-order valence-corrected chi connectivity index (χ2v) is 4.76. The van der Waals surface area contributed by atoms with Gasteiger partial charge in [0.05, 0.1) is 6.04 Å². The molecule has 104 valence electrons. The van der Waals surface area contributed by atoms with Gasteiger partial charge < -0.3 is 15.5 Å². The number of anilines is 1. The molecule has 0 spiro atoms. The predicted molar refractivity (Wildman–Crippen MR) is 73.7 cm³/mol. The van der Waals surface area contributed by atoms with Crippen molar-refractivity contribution >= 4 is 11.7 Å². The van der Waals surface area contributed by atoms with Crippen LogP contribution in [0.5, 0.6) is 0 Å². The number of aromatic nitrogens is 2. The fourth-order valence-electron chi connectivity index (χ4n) is 2.24. The second kappa shape index (κ2) is 6.47. The van der Waals surface area contributed by atoms with Gasteiger partial charge in [0, 0.05) is 32.4 Å². The van der Waals surface area contributed by atoms with Crippen LogP contribution < -0.4 is 10.6 Å². The van der Waals surface area contributed by atoms with Gasteiger partial charge in [-0.15, -0.1) is 5.10 Å². The molecule has 1 aromatic rings. The fourth-order valence-corrected chi connectivity index (χ4v) is 2.24. The van der Waals surface area contributed by atoms with E-state index >= 15 is 0 Å². The Morgan fingerprint density at radius 1 is 1.42 bits per heavy atom. The smallest absolute Gasteiger partial charge is 0.239 e. The summed E-state index contributed by atoms with van der Waals surface area (Å²) in [5.74, 6) is 0.931. The van der Waals surface area contributed by atoms with Crippen molar-refractivity contribution in [1.82, 2.24) is 15.1 Å². The molecule has 1 atom stereocenters. The predicted octanol–water partition coefficient (Wildman–Crippen LogP) is 0.253. The van der Waals surface area contributed by atoms with Crippen LogP contribution in [0.3, 0.4) is 0 Å². The summed E-state index contributed by atoms with van der Waals surface area (Å²) in [7, 11) is 0. The van der Waals surface area contributed by atoms with Crippen molar-refractivity contribution in [2.24, 2.45) is 5.73 Å². The first kappa shape index (κ1) is 13.7. The zero-order valence-corrected chi connectivity index (χ0v) is 11.3. The van der Waals surface area contributed by atoms with Gasteiger partial charge in [-0.2, -0.15) is 5.10 Å². The molecular formula is C13H21N5O. The summed E-state index contributed by atoms with van der Waals surface area (Å²) in [6, 6.07) is 3.45. The van der Waals surface area contributed by atoms with Crippen molar-refractivity contribution in [3.63, 3.8) is 0 Å². The van der Waals surface area contributed by atoms with E-state index in [1.807, 2.05) is 24.0 Å². The quantitative estimate of drug-likeness (QED) is 0.846. The van der Waals surface area contributed by atoms with Crippen molar-refractivity contribution in [3.8, 4) is 0 Å². The van der Waals surface area contributed by atoms with Crippen molar-refractivity contribution in [2.45, 2.75) is 25.8 Å². The van der Waals surface area contributed by atoms with E-state index in [0.717, 1.165) is 31.9 Å². The molecule has 0 saturated carbocycles. The van der Waals surface area contributed by atoms with Crippen LogP contribution in [0.1, 0.15) is 19.8 Å². The zero-order valence-electron chi connectivity index (χ0n) is 11.3. The third kappa shape index (κ3) is 3.41. The van der Waals surface area contributed by atoms with Gasteiger partial charge in [-0.25, -0.2) is 0 Å². The SMILES string of the molecule is CC[C@H](N)C(=O)N1CCCN(c2cccnn2)CC1. The summed E-state index contributed by atoms with van der Waals surface area (Å²) < 4.78 is 0. The lowest BCUT2D eigenvalue weighted by atomic mass is 10.2. The van der Waals surface area contributed by atoms with Gasteiger partial charge in [0.1, 0.15) is 0 Å². The summed E-state index contributed by atoms with van der Waals surface area (Å²) in [4.78, 5) is 16.1. The molecule has 1 fully saturated rings. The van der Waals surface area contributed by atoms with Crippen molar-refractivity contribution < 1.29 is 4.79 Å². The van der Waals surface area contributed by atoms with Crippen LogP contribution in [0.15, 0.2) is 18.3 Å². The molecule has 0 radical (unpaired) electrons. The van der Waals surface area contributed by atoms with Crippen LogP contribution in [0.2, 0.25) is 0 Å². The molecule has 1 amide bonds. The van der Waals surface area contributed by atoms with Gasteiger partial charge in [-0.3, -0.25) is 4.79 Å². The van der Waals surface area contributed by atoms with Crippen molar-refractivity contribution in [3.05, 3.63) is 18.3 Å². The van der Waals surface area contributed by atoms with Crippen LogP contribution >= 0.6 is 0 Å². The average Bonchev–Trinajstić information content (AvgIpc) is 2.72. The maximum Gasteiger partial charge on any atom is 0.239 e. The molecule has 1 aliphatic rings. The third-order valence-electron chi connectivity index (χ3n) is 3.45. The Bertz CT molecular complexity index is 411. The Morgan fingerprint density at radius 3 is 2.95 bits per heavy atom. The van der Waals surface area contributed by atoms with E-state index in [-0.39, 0.29) is 11.9 Å². The van der Waals surface area contributed by atoms with Crippen molar-refractivity contribution in [1.29, 1.82) is 0 Å². The van der Waals surface area contributed by atoms with Crippen LogP contribution in [-0.4, -0.2) is 53.2 Å². The lowest BCUT2D eigenvalue weighted by Crippen LogP contribution is -2.45. The Morgan fingerprint density at radius 2 is 2.26 bits per heavy atom. The number of carbonyl (C=O) groups is 1. The Hall–Kier alpha value is -1.69. The largest absolute Gasteiger partial charge is 0.353 e. The molecule has 0 bridgehead atoms. The van der Waals surface area contributed by atoms with Crippen LogP contribution in [-0.2, 0) is 4.79 Å². The molecular weight excluding hydrogens is 242 g/mol. The van der Waals surface area contributed by atoms with E-state index in [1.54, 1.807) is 6.20 Å². The van der Waals surface area contributed by atoms with Gasteiger partial charge in [-0.05, 0) is 25.0 Å². The third-order valence-corrected chi connectivity index (χ3v) is 3.45. The lowest BCUT2D eigenvalue weighted by molar-refractivity contribution is -0.132. The monoisotopic (exact) mass is 263 g/mol. The maximum absolute atomic E-state index is 12.1. The normalized spacial score (nSPS) is 18.0. The first-order valence-electron chi connectivity index (χ1n) is 6.79. The first-order valence-corrected chi connectivity index (χ1v) is 6.79. The minimum Gasteiger partial charge on any atom is -0.353 e. The molecule has 2 heterocycles. The van der Waals surface area contributed by atoms with E-state index in [1.165, 1.54) is 0 Å². The van der Waals surface area contributed by atoms with E-state index < -0.39 is 0 Å². The molecule has 2 N–H and O–H groups in total. The number of amides is 1. The highest BCUT2D eigenvalue weighted by Crippen LogP contribution is 2.12. The zero-order chi connectivity index (χ0) is 13.7. The Labute approximate surface area is 113 Å². The van der Waals surface area contributed by atoms with Gasteiger partial charge in [-0.1, -0.05) is 6.92 Å². The highest BCUT2D eigenvalue weighted by Gasteiger charge is 2.23. The molecule has 6 nitrogen and oxygen atoms in total. The summed E-state index contributed by atoms with van der Waals surface area (Å²) in [5.41, 5.74) is 5.82. The highest BCUT2D eigenvalue weighted by molar-refractivity contribution is 5.81. The molecule has 1 saturated heterocycles. The van der Waals surface area contributed by atoms with E-state index in [9.17, 15) is 4.79 Å². The summed E-state index contributed by atoms with van der Waals surface area (Å²) >= 11 is 0. The van der Waals surface area contributed by atoms with Gasteiger partial charge >= 0.3 is 0 Å². The molecule has 2 rings (SSSR count). The van der Waals surface area contributed by atoms with E-state index in [4.69, 9.17) is 5.73 Å². The standard InChI is InChI=1S/C13H21N5O/c1-2-11(14)13(19)18-8-4-7-17(9-10-18)12-5-3-6-15-16-12/h3,5-6,11H,2,4,7-10,14H2,1H3/t11-/m0/s1. The molecule has 6 heteroatoms. The van der Waals surface area contributed by atoms with E-state index in [2.05, 4.69) is 15.1 Å². The number of carbonyl (C=O) groups excluding carboxylic acids is 1. The van der Waals surface area contributed by atoms with Gasteiger partial charge in [0.25, 0.3) is 0 Å². The minimum absolute atomic E-state index is 0.0588. The number of nitrogens with zero attached hydrogens (tertiary/aromatic N) is 4. The van der Waals surface area contributed by atoms with Crippen LogP contribution in [0, 0.1) is 0 Å². The second-order valence-electron chi connectivity index (χ2n) is 4.76. The molecule has 19 heavy (non-hydrogen) atoms. The fraction of sp³-hybridized carbons (Fsp3) is 0.615. The average molecular weight is 263 g/mol. The Kier molecular flexibility index (Phi) is 4.68. The van der Waals surface area contributed by atoms with Gasteiger partial charge in [0.2, 0.25) is 5.91 Å². The highest BCUT2D eigenvalue weighted by atomic mass is 16.2. The molecule has 1 aliphatic heterocycles. The topological polar surface area (TPSA) is 75.4 Å². The summed E-state index contributed by atoms with van der Waals surface area (Å²) in [5, 5.41) is 8.01. The van der Waals surface area contributed by atoms with Crippen LogP contribution in [0.25, 0.3) is 0 Å². The van der Waals surface area contributed by atoms with Crippen LogP contribution in [0.4, 0.5) is 5.82 Å². The van der Waals surface area contributed by atoms with E-state index in [0.29, 0.717) is 13.0 Å². The minimum atomic E-state index is -0.372. The number of hydrogen-bond donors (Lipinski definition) is 1. The molecule has 0 unspecified atom stereocenters. The molecule has 0 aliphatic carbocycles. The van der Waals surface area contributed by atoms with Crippen molar-refractivity contribution in [2.75, 3.05) is 31.1 Å². The number of rotatable bonds is 3. The lowest BCUT2D eigenvalue weighted by Gasteiger charge is -2.24. The Balaban J connectivity index is 1.97. The summed E-state index contributed by atoms with van der Waals surface area (Å²) in [6.07, 6.45) is 3.28. The molecule has 0 aromatic carbocycles. The summed E-state index contributed by atoms with van der Waals surface area (Å²) in [6.45, 7) is 5.07. The number of nitrogens with two attached hydrogens (primary N) is 1. The van der Waals surface area contributed by atoms with Gasteiger partial charge in [0.15, 0.2) is 5.82 Å². The first-order chi connectivity index (χ1) is 9.22.